The predicted octanol–water partition coefficient (Wildman–Crippen LogP) is 12.7. The number of benzene rings is 2. The summed E-state index contributed by atoms with van der Waals surface area (Å²) in [5.74, 6) is 1.01. The highest BCUT2D eigenvalue weighted by molar-refractivity contribution is 6.74. The third kappa shape index (κ3) is 24.4. The summed E-state index contributed by atoms with van der Waals surface area (Å²) in [6.07, 6.45) is 2.61. The van der Waals surface area contributed by atoms with Crippen LogP contribution in [0.25, 0.3) is 0 Å². The fourth-order valence-corrected chi connectivity index (χ4v) is 12.2. The Morgan fingerprint density at radius 1 is 0.627 bits per heavy atom. The summed E-state index contributed by atoms with van der Waals surface area (Å²) in [7, 11) is 3.77. The van der Waals surface area contributed by atoms with Gasteiger partial charge in [-0.05, 0) is 120 Å². The van der Waals surface area contributed by atoms with E-state index < -0.39 is 33.6 Å². The van der Waals surface area contributed by atoms with E-state index in [4.69, 9.17) is 57.6 Å². The average Bonchev–Trinajstić information content (AvgIpc) is 4.08. The van der Waals surface area contributed by atoms with Gasteiger partial charge in [0.25, 0.3) is 0 Å². The van der Waals surface area contributed by atoms with Crippen LogP contribution in [0.5, 0.6) is 11.5 Å². The van der Waals surface area contributed by atoms with Crippen LogP contribution in [0.3, 0.4) is 0 Å². The van der Waals surface area contributed by atoms with Crippen LogP contribution in [-0.2, 0) is 69.5 Å². The molecule has 4 rings (SSSR count). The molecule has 3 unspecified atom stereocenters. The second-order valence-electron chi connectivity index (χ2n) is 27.3. The van der Waals surface area contributed by atoms with Gasteiger partial charge in [-0.2, -0.15) is 0 Å². The second kappa shape index (κ2) is 34.3. The van der Waals surface area contributed by atoms with Crippen molar-refractivity contribution >= 4 is 28.6 Å². The fourth-order valence-electron chi connectivity index (χ4n) is 9.47. The number of ether oxygens (including phenoxy) is 10. The van der Waals surface area contributed by atoms with E-state index in [0.717, 1.165) is 29.0 Å². The van der Waals surface area contributed by atoms with Crippen LogP contribution in [-0.4, -0.2) is 155 Å². The Morgan fingerprint density at radius 3 is 1.30 bits per heavy atom. The minimum absolute atomic E-state index is 0.0145. The maximum Gasteiger partial charge on any atom is 0.311 e. The van der Waals surface area contributed by atoms with E-state index in [0.29, 0.717) is 58.5 Å². The standard InChI is InChI=1S/C32H56O9Si.C32H54O7Si.CH4/c1-31(2,3)30(35)39-16-15-27-26(21-38-20-22-11-13-24(36-7)14-12-22)29(37-8)28(40-27)18-25(17-23(34)19-33)41-42(9,10)32(4,5)6;1-12-13-25(39-40(10,11)32(5,6)7)20-28-29(35-9)26(22-36-21-23-14-16-24(34-8)17-15-23)27(38-28)18-19-37-30(33)31(2,3)4;/h11-14,23,25-29,33-34H,15-21H2,1-10H3;12,14-17,25-29H,1,13,18-22H2,2-11H3;1H4/t23?,25-,26-,27-,28?,29+;25-,26-,27-,28?,29+;/m00./s1/i;;1D. The Kier molecular flexibility index (Phi) is 30.6. The molecule has 2 saturated heterocycles. The molecule has 0 amide bonds. The largest absolute Gasteiger partial charge is 0.497 e. The molecule has 0 aliphatic carbocycles. The van der Waals surface area contributed by atoms with Gasteiger partial charge in [0.1, 0.15) is 11.5 Å². The Hall–Kier alpha value is -3.25. The van der Waals surface area contributed by atoms with Crippen molar-refractivity contribution in [1.29, 1.82) is 0 Å². The summed E-state index contributed by atoms with van der Waals surface area (Å²) < 4.78 is 78.7. The molecule has 2 N–H and O–H groups in total. The minimum atomic E-state index is -2.18. The van der Waals surface area contributed by atoms with Gasteiger partial charge in [0.05, 0.1) is 126 Å². The Balaban J connectivity index is 0.000000558. The number of carbonyl (C=O) groups is 2. The van der Waals surface area contributed by atoms with Crippen molar-refractivity contribution in [1.82, 2.24) is 0 Å². The lowest BCUT2D eigenvalue weighted by Gasteiger charge is -2.40. The highest BCUT2D eigenvalue weighted by Crippen LogP contribution is 2.42. The zero-order chi connectivity index (χ0) is 63.9. The lowest BCUT2D eigenvalue weighted by Crippen LogP contribution is -2.46. The molecule has 0 aromatic heterocycles. The SMILES string of the molecule is C=CC[C@@H](CC1O[C@@H](CCOC(=O)C(C)(C)C)[C@H](COCc2ccc(OC)cc2)[C@H]1OC)O[Si](C)(C)C(C)(C)C.COc1ccc(COC[C@H]2[C@H](CCOC(=O)C(C)(C)C)OC(C[C@H](CC(O)CO)O[Si](C)(C)C(C)(C)C)[C@@H]2OC)cc1.[2H]C. The number of rotatable bonds is 31. The molecule has 83 heavy (non-hydrogen) atoms. The predicted molar refractivity (Wildman–Crippen MR) is 334 cm³/mol. The van der Waals surface area contributed by atoms with Gasteiger partial charge in [-0.25, -0.2) is 0 Å². The molecule has 0 spiro atoms. The summed E-state index contributed by atoms with van der Waals surface area (Å²) >= 11 is 0. The smallest absolute Gasteiger partial charge is 0.311 e. The van der Waals surface area contributed by atoms with Gasteiger partial charge in [-0.1, -0.05) is 79.3 Å². The molecule has 2 fully saturated rings. The van der Waals surface area contributed by atoms with Crippen LogP contribution in [0.1, 0.15) is 142 Å². The number of esters is 2. The van der Waals surface area contributed by atoms with E-state index in [-0.39, 0.29) is 103 Å². The van der Waals surface area contributed by atoms with E-state index in [1.165, 1.54) is 7.40 Å². The van der Waals surface area contributed by atoms with Crippen molar-refractivity contribution in [3.05, 3.63) is 72.3 Å². The monoisotopic (exact) mass is 1210 g/mol. The first-order chi connectivity index (χ1) is 39.1. The Labute approximate surface area is 505 Å². The maximum atomic E-state index is 12.4. The van der Waals surface area contributed by atoms with Gasteiger partial charge in [0.15, 0.2) is 16.6 Å². The van der Waals surface area contributed by atoms with Gasteiger partial charge in [-0.15, -0.1) is 6.58 Å². The molecule has 2 aliphatic heterocycles. The number of aliphatic hydroxyl groups excluding tert-OH is 2. The molecule has 16 nitrogen and oxygen atoms in total. The number of methoxy groups -OCH3 is 4. The molecule has 0 bridgehead atoms. The van der Waals surface area contributed by atoms with E-state index >= 15 is 0 Å². The summed E-state index contributed by atoms with van der Waals surface area (Å²) in [5.41, 5.74) is 0.955. The molecule has 11 atom stereocenters. The first kappa shape index (κ1) is 74.0. The molecule has 18 heteroatoms. The topological polar surface area (TPSA) is 185 Å². The van der Waals surface area contributed by atoms with Crippen LogP contribution in [0.15, 0.2) is 61.2 Å². The zero-order valence-electron chi connectivity index (χ0n) is 56.1. The third-order valence-electron chi connectivity index (χ3n) is 16.4. The highest BCUT2D eigenvalue weighted by atomic mass is 28.4. The van der Waals surface area contributed by atoms with E-state index in [1.807, 2.05) is 96.1 Å². The molecular formula is C65H114O16Si2. The average molecular weight is 1210 g/mol. The molecule has 0 radical (unpaired) electrons. The summed E-state index contributed by atoms with van der Waals surface area (Å²) in [6, 6.07) is 15.6. The van der Waals surface area contributed by atoms with Crippen LogP contribution < -0.4 is 9.47 Å². The Bertz CT molecular complexity index is 2170. The van der Waals surface area contributed by atoms with Crippen LogP contribution in [0.2, 0.25) is 36.3 Å². The van der Waals surface area contributed by atoms with E-state index in [2.05, 4.69) is 74.3 Å². The third-order valence-corrected chi connectivity index (χ3v) is 25.5. The lowest BCUT2D eigenvalue weighted by molar-refractivity contribution is -0.154. The van der Waals surface area contributed by atoms with Crippen LogP contribution >= 0.6 is 0 Å². The van der Waals surface area contributed by atoms with Crippen molar-refractivity contribution in [2.75, 3.05) is 61.5 Å². The van der Waals surface area contributed by atoms with Gasteiger partial charge in [-0.3, -0.25) is 9.59 Å². The summed E-state index contributed by atoms with van der Waals surface area (Å²) in [4.78, 5) is 24.8. The summed E-state index contributed by atoms with van der Waals surface area (Å²) in [6.45, 7) is 39.2. The second-order valence-corrected chi connectivity index (χ2v) is 36.8. The normalized spacial score (nSPS) is 22.7. The molecule has 2 aromatic rings. The molecule has 0 saturated carbocycles. The molecular weight excluding hydrogens is 1090 g/mol. The molecule has 2 heterocycles. The van der Waals surface area contributed by atoms with Crippen molar-refractivity contribution in [2.24, 2.45) is 22.7 Å². The molecule has 2 aromatic carbocycles. The van der Waals surface area contributed by atoms with E-state index in [1.54, 1.807) is 28.4 Å². The van der Waals surface area contributed by atoms with E-state index in [9.17, 15) is 19.8 Å². The lowest BCUT2D eigenvalue weighted by atomic mass is 9.92. The molecule has 2 aliphatic rings. The fraction of sp³-hybridized carbons (Fsp3) is 0.754. The minimum Gasteiger partial charge on any atom is -0.497 e. The number of carbonyl (C=O) groups excluding carboxylic acids is 2. The number of hydrogen-bond donors (Lipinski definition) is 2. The van der Waals surface area contributed by atoms with Crippen molar-refractivity contribution in [3.8, 4) is 11.5 Å². The zero-order valence-corrected chi connectivity index (χ0v) is 57.1. The molecule has 478 valence electrons. The van der Waals surface area contributed by atoms with Crippen LogP contribution in [0, 0.1) is 22.7 Å². The number of aliphatic hydroxyl groups is 2. The Morgan fingerprint density at radius 2 is 0.988 bits per heavy atom. The van der Waals surface area contributed by atoms with Crippen molar-refractivity contribution < 1.29 is 77.4 Å². The first-order valence-electron chi connectivity index (χ1n) is 30.5. The highest BCUT2D eigenvalue weighted by Gasteiger charge is 2.49. The maximum absolute atomic E-state index is 12.4. The quantitative estimate of drug-likeness (QED) is 0.0412. The number of hydrogen-bond acceptors (Lipinski definition) is 16. The van der Waals surface area contributed by atoms with Gasteiger partial charge >= 0.3 is 11.9 Å². The van der Waals surface area contributed by atoms with Crippen molar-refractivity contribution in [2.45, 2.75) is 233 Å². The van der Waals surface area contributed by atoms with Crippen molar-refractivity contribution in [3.63, 3.8) is 0 Å². The van der Waals surface area contributed by atoms with Gasteiger partial charge in [0.2, 0.25) is 0 Å². The first-order valence-corrected chi connectivity index (χ1v) is 35.3. The summed E-state index contributed by atoms with van der Waals surface area (Å²) in [5, 5.41) is 20.0. The van der Waals surface area contributed by atoms with Gasteiger partial charge < -0.3 is 66.4 Å². The van der Waals surface area contributed by atoms with Gasteiger partial charge in [0, 0.05) is 59.5 Å². The van der Waals surface area contributed by atoms with Crippen LogP contribution in [0.4, 0.5) is 0 Å².